The number of benzene rings is 1. The Bertz CT molecular complexity index is 595. The van der Waals surface area contributed by atoms with Crippen molar-refractivity contribution in [3.63, 3.8) is 0 Å². The van der Waals surface area contributed by atoms with Crippen LogP contribution in [-0.4, -0.2) is 16.6 Å². The molecule has 1 aromatic heterocycles. The molecule has 0 aliphatic rings. The summed E-state index contributed by atoms with van der Waals surface area (Å²) in [4.78, 5) is 15.8. The molecule has 0 aliphatic carbocycles. The molecule has 0 bridgehead atoms. The third kappa shape index (κ3) is 3.97. The van der Waals surface area contributed by atoms with Crippen molar-refractivity contribution in [3.8, 4) is 0 Å². The Morgan fingerprint density at radius 1 is 1.47 bits per heavy atom. The molecular weight excluding hydrogens is 278 g/mol. The first-order valence-electron chi connectivity index (χ1n) is 5.76. The summed E-state index contributed by atoms with van der Waals surface area (Å²) in [6, 6.07) is 5.96. The monoisotopic (exact) mass is 293 g/mol. The topological polar surface area (TPSA) is 68.0 Å². The SMILES string of the molecule is Cc1ccc(NC(=O)CSc2cnc(N)s2)c(C)c1. The second kappa shape index (κ2) is 6.08. The van der Waals surface area contributed by atoms with E-state index in [1.807, 2.05) is 32.0 Å². The van der Waals surface area contributed by atoms with Crippen molar-refractivity contribution in [1.82, 2.24) is 4.98 Å². The normalized spacial score (nSPS) is 10.4. The lowest BCUT2D eigenvalue weighted by atomic mass is 10.1. The molecular formula is C13H15N3OS2. The number of nitrogens with zero attached hydrogens (tertiary/aromatic N) is 1. The Morgan fingerprint density at radius 3 is 2.89 bits per heavy atom. The van der Waals surface area contributed by atoms with Gasteiger partial charge in [-0.15, -0.1) is 11.8 Å². The number of thioether (sulfide) groups is 1. The zero-order chi connectivity index (χ0) is 13.8. The average Bonchev–Trinajstić information content (AvgIpc) is 2.76. The van der Waals surface area contributed by atoms with Gasteiger partial charge in [0.15, 0.2) is 5.13 Å². The van der Waals surface area contributed by atoms with E-state index in [1.54, 1.807) is 6.20 Å². The van der Waals surface area contributed by atoms with Gasteiger partial charge in [-0.3, -0.25) is 4.79 Å². The summed E-state index contributed by atoms with van der Waals surface area (Å²) in [7, 11) is 0. The molecule has 0 spiro atoms. The van der Waals surface area contributed by atoms with Crippen LogP contribution < -0.4 is 11.1 Å². The van der Waals surface area contributed by atoms with Crippen LogP contribution in [0.2, 0.25) is 0 Å². The quantitative estimate of drug-likeness (QED) is 0.850. The first-order valence-corrected chi connectivity index (χ1v) is 7.56. The number of anilines is 2. The summed E-state index contributed by atoms with van der Waals surface area (Å²) in [5.74, 6) is 0.332. The van der Waals surface area contributed by atoms with Gasteiger partial charge in [-0.05, 0) is 25.5 Å². The summed E-state index contributed by atoms with van der Waals surface area (Å²) in [5.41, 5.74) is 8.65. The number of nitrogens with two attached hydrogens (primary N) is 1. The number of rotatable bonds is 4. The Morgan fingerprint density at radius 2 is 2.26 bits per heavy atom. The molecule has 1 amide bonds. The van der Waals surface area contributed by atoms with Crippen molar-refractivity contribution in [3.05, 3.63) is 35.5 Å². The fourth-order valence-electron chi connectivity index (χ4n) is 1.62. The maximum Gasteiger partial charge on any atom is 0.234 e. The predicted octanol–water partition coefficient (Wildman–Crippen LogP) is 3.07. The number of aryl methyl sites for hydroxylation is 2. The summed E-state index contributed by atoms with van der Waals surface area (Å²) < 4.78 is 0.952. The van der Waals surface area contributed by atoms with Crippen molar-refractivity contribution < 1.29 is 4.79 Å². The van der Waals surface area contributed by atoms with E-state index >= 15 is 0 Å². The summed E-state index contributed by atoms with van der Waals surface area (Å²) in [6.45, 7) is 4.02. The molecule has 0 saturated carbocycles. The lowest BCUT2D eigenvalue weighted by Crippen LogP contribution is -2.14. The number of carbonyl (C=O) groups is 1. The summed E-state index contributed by atoms with van der Waals surface area (Å²) >= 11 is 2.83. The molecule has 3 N–H and O–H groups in total. The number of amides is 1. The predicted molar refractivity (Wildman–Crippen MR) is 81.8 cm³/mol. The first kappa shape index (κ1) is 13.9. The maximum atomic E-state index is 11.9. The van der Waals surface area contributed by atoms with E-state index in [4.69, 9.17) is 5.73 Å². The Labute approximate surface area is 120 Å². The second-order valence-electron chi connectivity index (χ2n) is 4.17. The van der Waals surface area contributed by atoms with Gasteiger partial charge in [0, 0.05) is 5.69 Å². The lowest BCUT2D eigenvalue weighted by molar-refractivity contribution is -0.113. The van der Waals surface area contributed by atoms with Crippen molar-refractivity contribution >= 4 is 39.8 Å². The fraction of sp³-hybridized carbons (Fsp3) is 0.231. The van der Waals surface area contributed by atoms with E-state index < -0.39 is 0 Å². The van der Waals surface area contributed by atoms with E-state index in [1.165, 1.54) is 28.7 Å². The molecule has 6 heteroatoms. The van der Waals surface area contributed by atoms with Crippen LogP contribution in [-0.2, 0) is 4.79 Å². The zero-order valence-electron chi connectivity index (χ0n) is 10.8. The van der Waals surface area contributed by atoms with Gasteiger partial charge in [0.1, 0.15) is 0 Å². The largest absolute Gasteiger partial charge is 0.375 e. The smallest absolute Gasteiger partial charge is 0.234 e. The van der Waals surface area contributed by atoms with Gasteiger partial charge in [0.05, 0.1) is 16.2 Å². The van der Waals surface area contributed by atoms with Gasteiger partial charge >= 0.3 is 0 Å². The number of nitrogen functional groups attached to an aromatic ring is 1. The second-order valence-corrected chi connectivity index (χ2v) is 6.51. The Kier molecular flexibility index (Phi) is 4.44. The number of nitrogens with one attached hydrogen (secondary N) is 1. The van der Waals surface area contributed by atoms with Gasteiger partial charge in [-0.1, -0.05) is 29.0 Å². The van der Waals surface area contributed by atoms with Crippen LogP contribution in [0.25, 0.3) is 0 Å². The molecule has 0 radical (unpaired) electrons. The lowest BCUT2D eigenvalue weighted by Gasteiger charge is -2.08. The third-order valence-electron chi connectivity index (χ3n) is 2.50. The first-order chi connectivity index (χ1) is 9.04. The van der Waals surface area contributed by atoms with Gasteiger partial charge in [-0.25, -0.2) is 4.98 Å². The van der Waals surface area contributed by atoms with Gasteiger partial charge in [0.2, 0.25) is 5.91 Å². The van der Waals surface area contributed by atoms with Crippen molar-refractivity contribution in [1.29, 1.82) is 0 Å². The molecule has 0 unspecified atom stereocenters. The highest BCUT2D eigenvalue weighted by atomic mass is 32.2. The molecule has 1 aromatic carbocycles. The molecule has 100 valence electrons. The summed E-state index contributed by atoms with van der Waals surface area (Å²) in [6.07, 6.45) is 1.69. The standard InChI is InChI=1S/C13H15N3OS2/c1-8-3-4-10(9(2)5-8)16-11(17)7-18-12-6-15-13(14)19-12/h3-6H,7H2,1-2H3,(H2,14,15)(H,16,17). The molecule has 0 fully saturated rings. The van der Waals surface area contributed by atoms with Gasteiger partial charge in [-0.2, -0.15) is 0 Å². The molecule has 2 rings (SSSR count). The van der Waals surface area contributed by atoms with Crippen LogP contribution >= 0.6 is 23.1 Å². The minimum Gasteiger partial charge on any atom is -0.375 e. The molecule has 0 aliphatic heterocycles. The van der Waals surface area contributed by atoms with Crippen LogP contribution in [0.5, 0.6) is 0 Å². The van der Waals surface area contributed by atoms with Gasteiger partial charge in [0.25, 0.3) is 0 Å². The van der Waals surface area contributed by atoms with Crippen LogP contribution in [0, 0.1) is 13.8 Å². The Balaban J connectivity index is 1.90. The molecule has 1 heterocycles. The summed E-state index contributed by atoms with van der Waals surface area (Å²) in [5, 5.41) is 3.43. The van der Waals surface area contributed by atoms with Crippen molar-refractivity contribution in [2.24, 2.45) is 0 Å². The van der Waals surface area contributed by atoms with E-state index in [9.17, 15) is 4.79 Å². The van der Waals surface area contributed by atoms with Crippen molar-refractivity contribution in [2.75, 3.05) is 16.8 Å². The third-order valence-corrected chi connectivity index (χ3v) is 4.53. The Hall–Kier alpha value is -1.53. The fourth-order valence-corrected chi connectivity index (χ4v) is 3.17. The number of hydrogen-bond donors (Lipinski definition) is 2. The van der Waals surface area contributed by atoms with Crippen LogP contribution in [0.1, 0.15) is 11.1 Å². The van der Waals surface area contributed by atoms with Crippen molar-refractivity contribution in [2.45, 2.75) is 18.1 Å². The highest BCUT2D eigenvalue weighted by molar-refractivity contribution is 8.01. The number of carbonyl (C=O) groups excluding carboxylic acids is 1. The molecule has 4 nitrogen and oxygen atoms in total. The van der Waals surface area contributed by atoms with Gasteiger partial charge < -0.3 is 11.1 Å². The molecule has 0 atom stereocenters. The van der Waals surface area contributed by atoms with Crippen LogP contribution in [0.4, 0.5) is 10.8 Å². The average molecular weight is 293 g/mol. The molecule has 2 aromatic rings. The number of thiazole rings is 1. The van der Waals surface area contributed by atoms with Crippen LogP contribution in [0.3, 0.4) is 0 Å². The highest BCUT2D eigenvalue weighted by Crippen LogP contribution is 2.26. The molecule has 0 saturated heterocycles. The molecule has 19 heavy (non-hydrogen) atoms. The van der Waals surface area contributed by atoms with E-state index in [0.29, 0.717) is 10.9 Å². The zero-order valence-corrected chi connectivity index (χ0v) is 12.4. The highest BCUT2D eigenvalue weighted by Gasteiger charge is 2.07. The van der Waals surface area contributed by atoms with Crippen LogP contribution in [0.15, 0.2) is 28.6 Å². The minimum atomic E-state index is -0.0241. The van der Waals surface area contributed by atoms with E-state index in [-0.39, 0.29) is 5.91 Å². The number of hydrogen-bond acceptors (Lipinski definition) is 5. The maximum absolute atomic E-state index is 11.9. The minimum absolute atomic E-state index is 0.0241. The van der Waals surface area contributed by atoms with E-state index in [0.717, 1.165) is 15.5 Å². The van der Waals surface area contributed by atoms with E-state index in [2.05, 4.69) is 10.3 Å². The number of aromatic nitrogens is 1.